The van der Waals surface area contributed by atoms with Crippen LogP contribution in [0.4, 0.5) is 0 Å². The Hall–Kier alpha value is -2.83. The van der Waals surface area contributed by atoms with Crippen LogP contribution in [0.25, 0.3) is 0 Å². The average molecular weight is 550 g/mol. The van der Waals surface area contributed by atoms with Crippen LogP contribution in [0.3, 0.4) is 0 Å². The van der Waals surface area contributed by atoms with Gasteiger partial charge in [0.15, 0.2) is 23.0 Å². The molecule has 1 atom stereocenters. The lowest BCUT2D eigenvalue weighted by Crippen LogP contribution is -2.31. The summed E-state index contributed by atoms with van der Waals surface area (Å²) in [5, 5.41) is 0.373. The van der Waals surface area contributed by atoms with E-state index in [4.69, 9.17) is 18.9 Å². The molecule has 0 saturated carbocycles. The van der Waals surface area contributed by atoms with E-state index in [9.17, 15) is 0 Å². The summed E-state index contributed by atoms with van der Waals surface area (Å²) >= 11 is 1.94. The fraction of sp³-hybridized carbons (Fsp3) is 0.455. The van der Waals surface area contributed by atoms with Crippen molar-refractivity contribution < 1.29 is 18.9 Å². The molecular weight excluding hydrogens is 506 g/mol. The van der Waals surface area contributed by atoms with Crippen LogP contribution in [0.15, 0.2) is 59.5 Å². The van der Waals surface area contributed by atoms with Crippen LogP contribution in [-0.2, 0) is 13.0 Å². The molecule has 5 nitrogen and oxygen atoms in total. The fourth-order valence-corrected chi connectivity index (χ4v) is 6.47. The van der Waals surface area contributed by atoms with Gasteiger partial charge in [-0.05, 0) is 85.8 Å². The minimum absolute atomic E-state index is 0.373. The van der Waals surface area contributed by atoms with E-state index in [1.54, 1.807) is 28.4 Å². The quantitative estimate of drug-likeness (QED) is 0.151. The first-order valence-electron chi connectivity index (χ1n) is 14.0. The predicted molar refractivity (Wildman–Crippen MR) is 161 cm³/mol. The summed E-state index contributed by atoms with van der Waals surface area (Å²) in [6.07, 6.45) is 7.13. The van der Waals surface area contributed by atoms with Gasteiger partial charge in [-0.25, -0.2) is 0 Å². The molecule has 0 amide bonds. The zero-order valence-electron chi connectivity index (χ0n) is 24.1. The Morgan fingerprint density at radius 2 is 1.36 bits per heavy atom. The standard InChI is InChI=1S/C33H43NO4S/c1-24-11-14-28(15-12-24)39-33(26-13-16-29(35-2)30(21-26)36-3)10-8-6-7-9-18-34-19-17-25-20-31(37-4)32(38-5)22-27(25)23-34/h11-16,20-22,33H,6-10,17-19,23H2,1-5H3. The number of fused-ring (bicyclic) bond motifs is 1. The zero-order chi connectivity index (χ0) is 27.6. The predicted octanol–water partition coefficient (Wildman–Crippen LogP) is 7.87. The molecule has 6 heteroatoms. The van der Waals surface area contributed by atoms with E-state index in [0.717, 1.165) is 55.5 Å². The van der Waals surface area contributed by atoms with E-state index in [2.05, 4.69) is 60.4 Å². The number of ether oxygens (including phenoxy) is 4. The van der Waals surface area contributed by atoms with E-state index in [0.29, 0.717) is 5.25 Å². The fourth-order valence-electron chi connectivity index (χ4n) is 5.28. The van der Waals surface area contributed by atoms with Crippen LogP contribution in [0.2, 0.25) is 0 Å². The number of thioether (sulfide) groups is 1. The Bertz CT molecular complexity index is 1200. The first-order valence-corrected chi connectivity index (χ1v) is 14.8. The molecule has 1 aliphatic heterocycles. The third kappa shape index (κ3) is 7.86. The maximum atomic E-state index is 5.60. The van der Waals surface area contributed by atoms with Crippen molar-refractivity contribution >= 4 is 11.8 Å². The highest BCUT2D eigenvalue weighted by molar-refractivity contribution is 7.99. The summed E-state index contributed by atoms with van der Waals surface area (Å²) in [5.41, 5.74) is 5.33. The monoisotopic (exact) mass is 549 g/mol. The molecule has 0 N–H and O–H groups in total. The van der Waals surface area contributed by atoms with E-state index >= 15 is 0 Å². The van der Waals surface area contributed by atoms with Crippen molar-refractivity contribution in [2.75, 3.05) is 41.5 Å². The third-order valence-corrected chi connectivity index (χ3v) is 8.90. The molecule has 0 aliphatic carbocycles. The number of nitrogens with zero attached hydrogens (tertiary/aromatic N) is 1. The number of benzene rings is 3. The van der Waals surface area contributed by atoms with Crippen molar-refractivity contribution in [3.05, 3.63) is 76.9 Å². The first-order chi connectivity index (χ1) is 19.0. The topological polar surface area (TPSA) is 40.2 Å². The Morgan fingerprint density at radius 1 is 0.718 bits per heavy atom. The van der Waals surface area contributed by atoms with Crippen LogP contribution in [0, 0.1) is 6.92 Å². The van der Waals surface area contributed by atoms with Crippen molar-refractivity contribution in [2.45, 2.75) is 62.1 Å². The van der Waals surface area contributed by atoms with Crippen LogP contribution >= 0.6 is 11.8 Å². The molecule has 3 aromatic carbocycles. The SMILES string of the molecule is COc1ccc(C(CCCCCCN2CCc3cc(OC)c(OC)cc3C2)Sc2ccc(C)cc2)cc1OC. The smallest absolute Gasteiger partial charge is 0.161 e. The molecule has 0 saturated heterocycles. The second kappa shape index (κ2) is 14.5. The molecule has 210 valence electrons. The number of rotatable bonds is 14. The minimum atomic E-state index is 0.373. The molecular formula is C33H43NO4S. The largest absolute Gasteiger partial charge is 0.493 e. The summed E-state index contributed by atoms with van der Waals surface area (Å²) in [4.78, 5) is 3.88. The molecule has 0 bridgehead atoms. The van der Waals surface area contributed by atoms with Crippen LogP contribution < -0.4 is 18.9 Å². The summed E-state index contributed by atoms with van der Waals surface area (Å²) < 4.78 is 22.1. The lowest BCUT2D eigenvalue weighted by Gasteiger charge is -2.29. The molecule has 0 spiro atoms. The highest BCUT2D eigenvalue weighted by Gasteiger charge is 2.20. The lowest BCUT2D eigenvalue weighted by molar-refractivity contribution is 0.246. The molecule has 0 aromatic heterocycles. The number of unbranched alkanes of at least 4 members (excludes halogenated alkanes) is 3. The van der Waals surface area contributed by atoms with Crippen molar-refractivity contribution in [3.63, 3.8) is 0 Å². The van der Waals surface area contributed by atoms with E-state index < -0.39 is 0 Å². The molecule has 1 aliphatic rings. The summed E-state index contributed by atoms with van der Waals surface area (Å²) in [7, 11) is 6.81. The van der Waals surface area contributed by atoms with Crippen LogP contribution in [0.5, 0.6) is 23.0 Å². The first kappa shape index (κ1) is 29.2. The molecule has 1 unspecified atom stereocenters. The van der Waals surface area contributed by atoms with E-state index in [1.165, 1.54) is 52.8 Å². The summed E-state index contributed by atoms with van der Waals surface area (Å²) in [6, 6.07) is 19.5. The van der Waals surface area contributed by atoms with Crippen molar-refractivity contribution in [1.29, 1.82) is 0 Å². The molecule has 0 fully saturated rings. The van der Waals surface area contributed by atoms with Gasteiger partial charge in [0.2, 0.25) is 0 Å². The van der Waals surface area contributed by atoms with Gasteiger partial charge in [0.05, 0.1) is 28.4 Å². The van der Waals surface area contributed by atoms with E-state index in [-0.39, 0.29) is 0 Å². The number of hydrogen-bond acceptors (Lipinski definition) is 6. The Balaban J connectivity index is 1.28. The van der Waals surface area contributed by atoms with E-state index in [1.807, 2.05) is 17.8 Å². The van der Waals surface area contributed by atoms with Gasteiger partial charge in [0.25, 0.3) is 0 Å². The van der Waals surface area contributed by atoms with Gasteiger partial charge >= 0.3 is 0 Å². The lowest BCUT2D eigenvalue weighted by atomic mass is 9.98. The second-order valence-corrected chi connectivity index (χ2v) is 11.5. The van der Waals surface area contributed by atoms with Crippen molar-refractivity contribution in [1.82, 2.24) is 4.90 Å². The zero-order valence-corrected chi connectivity index (χ0v) is 24.9. The summed E-state index contributed by atoms with van der Waals surface area (Å²) in [5.74, 6) is 3.23. The highest BCUT2D eigenvalue weighted by atomic mass is 32.2. The van der Waals surface area contributed by atoms with Gasteiger partial charge in [0, 0.05) is 23.2 Å². The van der Waals surface area contributed by atoms with Gasteiger partial charge in [0.1, 0.15) is 0 Å². The normalized spacial score (nSPS) is 14.0. The number of methoxy groups -OCH3 is 4. The van der Waals surface area contributed by atoms with Crippen LogP contribution in [0.1, 0.15) is 59.6 Å². The molecule has 39 heavy (non-hydrogen) atoms. The molecule has 0 radical (unpaired) electrons. The van der Waals surface area contributed by atoms with Gasteiger partial charge in [-0.1, -0.05) is 43.0 Å². The molecule has 1 heterocycles. The number of aryl methyl sites for hydroxylation is 1. The highest BCUT2D eigenvalue weighted by Crippen LogP contribution is 2.42. The minimum Gasteiger partial charge on any atom is -0.493 e. The molecule has 3 aromatic rings. The third-order valence-electron chi connectivity index (χ3n) is 7.57. The Morgan fingerprint density at radius 3 is 2.05 bits per heavy atom. The van der Waals surface area contributed by atoms with Gasteiger partial charge < -0.3 is 18.9 Å². The van der Waals surface area contributed by atoms with Gasteiger partial charge in [-0.15, -0.1) is 11.8 Å². The Kier molecular flexibility index (Phi) is 10.9. The summed E-state index contributed by atoms with van der Waals surface area (Å²) in [6.45, 7) is 5.38. The Labute approximate surface area is 238 Å². The molecule has 4 rings (SSSR count). The second-order valence-electron chi connectivity index (χ2n) is 10.2. The van der Waals surface area contributed by atoms with Crippen molar-refractivity contribution in [3.8, 4) is 23.0 Å². The maximum absolute atomic E-state index is 5.60. The van der Waals surface area contributed by atoms with Gasteiger partial charge in [-0.2, -0.15) is 0 Å². The van der Waals surface area contributed by atoms with Gasteiger partial charge in [-0.3, -0.25) is 4.90 Å². The average Bonchev–Trinajstić information content (AvgIpc) is 2.98. The maximum Gasteiger partial charge on any atom is 0.161 e. The van der Waals surface area contributed by atoms with Crippen LogP contribution in [-0.4, -0.2) is 46.4 Å². The number of hydrogen-bond donors (Lipinski definition) is 0. The van der Waals surface area contributed by atoms with Crippen molar-refractivity contribution in [2.24, 2.45) is 0 Å².